The highest BCUT2D eigenvalue weighted by Crippen LogP contribution is 2.23. The normalized spacial score (nSPS) is 12.2. The van der Waals surface area contributed by atoms with Crippen LogP contribution in [0.4, 0.5) is 0 Å². The van der Waals surface area contributed by atoms with E-state index in [-0.39, 0.29) is 11.5 Å². The van der Waals surface area contributed by atoms with E-state index in [1.165, 1.54) is 26.0 Å². The summed E-state index contributed by atoms with van der Waals surface area (Å²) in [5.74, 6) is -1.22. The highest BCUT2D eigenvalue weighted by Gasteiger charge is 2.25. The van der Waals surface area contributed by atoms with Gasteiger partial charge in [0, 0.05) is 22.9 Å². The maximum atomic E-state index is 12.8. The summed E-state index contributed by atoms with van der Waals surface area (Å²) in [6, 6.07) is 9.77. The zero-order valence-electron chi connectivity index (χ0n) is 19.2. The van der Waals surface area contributed by atoms with Crippen LogP contribution >= 0.6 is 11.6 Å². The molecule has 3 aromatic rings. The number of Topliss-reactive ketones (excluding diaryl/α,β-unsaturated/α-hetero) is 2. The molecule has 0 spiro atoms. The molecule has 1 aromatic carbocycles. The Labute approximate surface area is 197 Å². The molecule has 0 saturated heterocycles. The first-order chi connectivity index (χ1) is 15.6. The monoisotopic (exact) mass is 467 g/mol. The average Bonchev–Trinajstić information content (AvgIpc) is 3.20. The lowest BCUT2D eigenvalue weighted by Gasteiger charge is -2.10. The van der Waals surface area contributed by atoms with Crippen LogP contribution in [0.25, 0.3) is 6.08 Å². The van der Waals surface area contributed by atoms with Crippen LogP contribution in [0.15, 0.2) is 36.4 Å². The van der Waals surface area contributed by atoms with Crippen molar-refractivity contribution in [1.82, 2.24) is 14.8 Å². The summed E-state index contributed by atoms with van der Waals surface area (Å²) in [6.45, 7) is 8.66. The molecule has 1 atom stereocenters. The average molecular weight is 468 g/mol. The van der Waals surface area contributed by atoms with Crippen LogP contribution in [0, 0.1) is 20.8 Å². The molecule has 0 saturated carbocycles. The minimum absolute atomic E-state index is 0.132. The van der Waals surface area contributed by atoms with E-state index in [0.29, 0.717) is 39.8 Å². The highest BCUT2D eigenvalue weighted by molar-refractivity contribution is 6.31. The molecule has 2 aromatic heterocycles. The number of benzene rings is 1. The molecule has 0 aliphatic rings. The van der Waals surface area contributed by atoms with Crippen molar-refractivity contribution in [2.45, 2.75) is 47.3 Å². The number of hydrogen-bond donors (Lipinski definition) is 1. The Bertz CT molecular complexity index is 1240. The second-order valence-corrected chi connectivity index (χ2v) is 8.25. The lowest BCUT2D eigenvalue weighted by atomic mass is 10.0. The molecule has 0 amide bonds. The molecular weight excluding hydrogens is 442 g/mol. The van der Waals surface area contributed by atoms with E-state index < -0.39 is 17.9 Å². The fraction of sp³-hybridized carbons (Fsp3) is 0.280. The Hall–Kier alpha value is -3.45. The van der Waals surface area contributed by atoms with Crippen molar-refractivity contribution in [3.05, 3.63) is 80.9 Å². The Morgan fingerprint density at radius 1 is 1.18 bits per heavy atom. The van der Waals surface area contributed by atoms with Crippen LogP contribution in [0.3, 0.4) is 0 Å². The second kappa shape index (κ2) is 10.0. The van der Waals surface area contributed by atoms with Gasteiger partial charge >= 0.3 is 5.97 Å². The number of aryl methyl sites for hydroxylation is 2. The van der Waals surface area contributed by atoms with Crippen molar-refractivity contribution in [3.63, 3.8) is 0 Å². The Kier molecular flexibility index (Phi) is 7.33. The number of nitrogens with zero attached hydrogens (tertiary/aromatic N) is 2. The predicted octanol–water partition coefficient (Wildman–Crippen LogP) is 4.87. The molecular formula is C25H26ClN3O4. The van der Waals surface area contributed by atoms with Crippen LogP contribution < -0.4 is 0 Å². The van der Waals surface area contributed by atoms with Gasteiger partial charge in [-0.2, -0.15) is 5.10 Å². The molecule has 172 valence electrons. The minimum atomic E-state index is -1.03. The first-order valence-corrected chi connectivity index (χ1v) is 10.9. The molecule has 0 radical (unpaired) electrons. The third kappa shape index (κ3) is 5.31. The number of carbonyl (C=O) groups is 3. The molecule has 3 rings (SSSR count). The summed E-state index contributed by atoms with van der Waals surface area (Å²) in [5, 5.41) is 4.84. The molecule has 0 aliphatic heterocycles. The molecule has 33 heavy (non-hydrogen) atoms. The molecule has 7 nitrogen and oxygen atoms in total. The largest absolute Gasteiger partial charge is 0.451 e. The molecule has 1 N–H and O–H groups in total. The number of nitrogens with one attached hydrogen (secondary N) is 1. The third-order valence-electron chi connectivity index (χ3n) is 5.37. The second-order valence-electron chi connectivity index (χ2n) is 7.89. The van der Waals surface area contributed by atoms with Crippen LogP contribution in [-0.2, 0) is 16.1 Å². The molecule has 8 heteroatoms. The summed E-state index contributed by atoms with van der Waals surface area (Å²) >= 11 is 6.47. The fourth-order valence-corrected chi connectivity index (χ4v) is 4.06. The number of ketones is 2. The number of H-pyrrole nitrogens is 1. The van der Waals surface area contributed by atoms with E-state index >= 15 is 0 Å². The molecule has 0 aliphatic carbocycles. The van der Waals surface area contributed by atoms with Crippen molar-refractivity contribution in [2.24, 2.45) is 0 Å². The van der Waals surface area contributed by atoms with E-state index in [4.69, 9.17) is 16.3 Å². The lowest BCUT2D eigenvalue weighted by molar-refractivity contribution is -0.140. The summed E-state index contributed by atoms with van der Waals surface area (Å²) in [4.78, 5) is 39.9. The van der Waals surface area contributed by atoms with Gasteiger partial charge in [-0.1, -0.05) is 41.9 Å². The van der Waals surface area contributed by atoms with Crippen molar-refractivity contribution in [2.75, 3.05) is 0 Å². The highest BCUT2D eigenvalue weighted by atomic mass is 35.5. The van der Waals surface area contributed by atoms with Gasteiger partial charge < -0.3 is 9.72 Å². The number of ether oxygens (including phenoxy) is 1. The first kappa shape index (κ1) is 24.2. The van der Waals surface area contributed by atoms with Gasteiger partial charge in [0.15, 0.2) is 11.9 Å². The van der Waals surface area contributed by atoms with Gasteiger partial charge in [0.05, 0.1) is 17.9 Å². The zero-order chi connectivity index (χ0) is 24.3. The minimum Gasteiger partial charge on any atom is -0.451 e. The Balaban J connectivity index is 1.70. The Morgan fingerprint density at radius 3 is 2.45 bits per heavy atom. The number of rotatable bonds is 8. The smallest absolute Gasteiger partial charge is 0.331 e. The van der Waals surface area contributed by atoms with Crippen molar-refractivity contribution in [1.29, 1.82) is 0 Å². The maximum absolute atomic E-state index is 12.8. The molecule has 1 unspecified atom stereocenters. The fourth-order valence-electron chi connectivity index (χ4n) is 3.76. The van der Waals surface area contributed by atoms with Gasteiger partial charge in [-0.15, -0.1) is 0 Å². The summed E-state index contributed by atoms with van der Waals surface area (Å²) in [7, 11) is 0. The summed E-state index contributed by atoms with van der Waals surface area (Å²) in [5.41, 5.74) is 4.23. The topological polar surface area (TPSA) is 94.0 Å². The number of carbonyl (C=O) groups excluding carboxylic acids is 3. The van der Waals surface area contributed by atoms with Crippen molar-refractivity contribution < 1.29 is 19.1 Å². The number of esters is 1. The van der Waals surface area contributed by atoms with Crippen molar-refractivity contribution in [3.8, 4) is 0 Å². The van der Waals surface area contributed by atoms with E-state index in [9.17, 15) is 14.4 Å². The van der Waals surface area contributed by atoms with E-state index in [0.717, 1.165) is 5.56 Å². The van der Waals surface area contributed by atoms with Crippen LogP contribution in [0.2, 0.25) is 5.15 Å². The van der Waals surface area contributed by atoms with Gasteiger partial charge in [0.25, 0.3) is 0 Å². The van der Waals surface area contributed by atoms with Crippen molar-refractivity contribution >= 4 is 35.2 Å². The molecule has 0 fully saturated rings. The maximum Gasteiger partial charge on any atom is 0.331 e. The van der Waals surface area contributed by atoms with Gasteiger partial charge in [-0.25, -0.2) is 9.48 Å². The van der Waals surface area contributed by atoms with Crippen LogP contribution in [-0.4, -0.2) is 38.4 Å². The number of halogens is 1. The number of aromatic amines is 1. The van der Waals surface area contributed by atoms with Gasteiger partial charge in [0.1, 0.15) is 5.15 Å². The van der Waals surface area contributed by atoms with Gasteiger partial charge in [-0.3, -0.25) is 9.59 Å². The van der Waals surface area contributed by atoms with Gasteiger partial charge in [-0.05, 0) is 51.8 Å². The quantitative estimate of drug-likeness (QED) is 0.290. The van der Waals surface area contributed by atoms with E-state index in [1.54, 1.807) is 25.5 Å². The molecule has 0 bridgehead atoms. The van der Waals surface area contributed by atoms with Crippen LogP contribution in [0.5, 0.6) is 0 Å². The number of aromatic nitrogens is 3. The van der Waals surface area contributed by atoms with Crippen LogP contribution in [0.1, 0.15) is 62.8 Å². The predicted molar refractivity (Wildman–Crippen MR) is 127 cm³/mol. The first-order valence-electron chi connectivity index (χ1n) is 10.5. The standard InChI is InChI=1S/C25H26ClN3O4/c1-14-22(17(4)30)16(3)27-23(14)24(32)18(5)33-21(31)12-11-20-15(2)28-29(25(20)26)13-19-9-7-6-8-10-19/h6-12,18,27H,13H2,1-5H3/b12-11+. The lowest BCUT2D eigenvalue weighted by Crippen LogP contribution is -2.24. The third-order valence-corrected chi connectivity index (χ3v) is 5.77. The summed E-state index contributed by atoms with van der Waals surface area (Å²) in [6.07, 6.45) is 1.72. The zero-order valence-corrected chi connectivity index (χ0v) is 20.0. The Morgan fingerprint density at radius 2 is 1.85 bits per heavy atom. The summed E-state index contributed by atoms with van der Waals surface area (Å²) < 4.78 is 6.94. The molecule has 2 heterocycles. The number of hydrogen-bond acceptors (Lipinski definition) is 5. The SMILES string of the molecule is CC(=O)c1c(C)[nH]c(C(=O)C(C)OC(=O)/C=C/c2c(C)nn(Cc3ccccc3)c2Cl)c1C. The van der Waals surface area contributed by atoms with E-state index in [2.05, 4.69) is 10.1 Å². The van der Waals surface area contributed by atoms with E-state index in [1.807, 2.05) is 30.3 Å². The van der Waals surface area contributed by atoms with Gasteiger partial charge in [0.2, 0.25) is 5.78 Å².